The van der Waals surface area contributed by atoms with E-state index in [9.17, 15) is 0 Å². The smallest absolute Gasteiger partial charge is 0.358 e. The van der Waals surface area contributed by atoms with Crippen molar-refractivity contribution in [3.8, 4) is 0 Å². The summed E-state index contributed by atoms with van der Waals surface area (Å²) in [6, 6.07) is 20.0. The Morgan fingerprint density at radius 2 is 0.818 bits per heavy atom. The molecular weight excluding hydrogens is 408 g/mol. The zero-order valence-electron chi connectivity index (χ0n) is 15.5. The molecule has 0 saturated heterocycles. The third kappa shape index (κ3) is 15.4. The van der Waals surface area contributed by atoms with Crippen molar-refractivity contribution in [2.24, 2.45) is 0 Å². The van der Waals surface area contributed by atoms with Crippen molar-refractivity contribution in [3.63, 3.8) is 0 Å². The van der Waals surface area contributed by atoms with Gasteiger partial charge in [-0.25, -0.2) is 24.3 Å². The zero-order chi connectivity index (χ0) is 15.4. The van der Waals surface area contributed by atoms with Crippen LogP contribution in [0.4, 0.5) is 0 Å². The second kappa shape index (κ2) is 17.8. The van der Waals surface area contributed by atoms with Crippen molar-refractivity contribution in [3.05, 3.63) is 68.1 Å². The number of hydrogen-bond donors (Lipinski definition) is 0. The second-order valence-electron chi connectivity index (χ2n) is 5.89. The van der Waals surface area contributed by atoms with Gasteiger partial charge in [0.25, 0.3) is 0 Å². The van der Waals surface area contributed by atoms with Gasteiger partial charge in [-0.3, -0.25) is 0 Å². The normalized spacial score (nSPS) is 9.36. The van der Waals surface area contributed by atoms with E-state index in [2.05, 4.69) is 39.3 Å². The van der Waals surface area contributed by atoms with Crippen LogP contribution in [0, 0.1) is 7.43 Å². The number of hydrogen-bond acceptors (Lipinski definition) is 0. The van der Waals surface area contributed by atoms with E-state index in [1.807, 2.05) is 60.7 Å². The molecule has 22 heavy (non-hydrogen) atoms. The van der Waals surface area contributed by atoms with E-state index in [4.69, 9.17) is 0 Å². The predicted octanol–water partition coefficient (Wildman–Crippen LogP) is 4.44. The molecule has 2 aromatic rings. The second-order valence-corrected chi connectivity index (χ2v) is 36.2. The molecule has 0 bridgehead atoms. The van der Waals surface area contributed by atoms with E-state index in [1.165, 1.54) is 0 Å². The molecule has 0 aliphatic heterocycles. The van der Waals surface area contributed by atoms with Gasteiger partial charge in [0.1, 0.15) is 0 Å². The fraction of sp³-hybridized carbons (Fsp3) is 0.353. The summed E-state index contributed by atoms with van der Waals surface area (Å²) in [5, 5.41) is 0. The molecule has 0 nitrogen and oxygen atoms in total. The van der Waals surface area contributed by atoms with Crippen molar-refractivity contribution < 1.29 is 26.2 Å². The zero-order valence-corrected chi connectivity index (χ0v) is 22.4. The summed E-state index contributed by atoms with van der Waals surface area (Å²) in [5.41, 5.74) is 0. The van der Waals surface area contributed by atoms with Crippen molar-refractivity contribution >= 4 is 32.3 Å². The Bertz CT molecular complexity index is 290. The molecule has 2 aromatic carbocycles. The summed E-state index contributed by atoms with van der Waals surface area (Å²) in [6.07, 6.45) is 0. The molecule has 0 aliphatic carbocycles. The fourth-order valence-electron chi connectivity index (χ4n) is 2.64. The molecule has 0 N–H and O–H groups in total. The van der Waals surface area contributed by atoms with E-state index < -0.39 is 0 Å². The Morgan fingerprint density at radius 1 is 0.591 bits per heavy atom. The van der Waals surface area contributed by atoms with Crippen molar-refractivity contribution in [2.45, 2.75) is 39.3 Å². The average molecular weight is 442 g/mol. The topological polar surface area (TPSA) is 0 Å². The fourth-order valence-corrected chi connectivity index (χ4v) is 54.6. The third-order valence-electron chi connectivity index (χ3n) is 3.11. The first-order valence-corrected chi connectivity index (χ1v) is 21.5. The van der Waals surface area contributed by atoms with Crippen LogP contribution in [-0.4, -0.2) is 32.3 Å². The summed E-state index contributed by atoms with van der Waals surface area (Å²) in [6.45, 7) is 15.5. The molecule has 0 aliphatic rings. The molecule has 0 unspecified atom stereocenters. The molecule has 0 spiro atoms. The first-order chi connectivity index (χ1) is 9.46. The predicted molar refractivity (Wildman–Crippen MR) is 113 cm³/mol. The molecular formula is C17H34Si4Zr. The molecule has 2 rings (SSSR count). The minimum Gasteiger partial charge on any atom is -0.358 e. The maximum atomic E-state index is 2.58. The van der Waals surface area contributed by atoms with Gasteiger partial charge in [-0.2, -0.15) is 36.4 Å². The van der Waals surface area contributed by atoms with E-state index in [-0.39, 0.29) is 58.6 Å². The van der Waals surface area contributed by atoms with E-state index in [1.54, 1.807) is 0 Å². The van der Waals surface area contributed by atoms with Crippen molar-refractivity contribution in [2.75, 3.05) is 0 Å². The van der Waals surface area contributed by atoms with Gasteiger partial charge in [-0.05, 0) is 0 Å². The Morgan fingerprint density at radius 3 is 0.864 bits per heavy atom. The van der Waals surface area contributed by atoms with Gasteiger partial charge in [0.15, 0.2) is 0 Å². The molecule has 122 valence electrons. The summed E-state index contributed by atoms with van der Waals surface area (Å²) in [7, 11) is -0.207. The van der Waals surface area contributed by atoms with Gasteiger partial charge < -0.3 is 7.43 Å². The van der Waals surface area contributed by atoms with Crippen LogP contribution in [0.3, 0.4) is 0 Å². The molecule has 0 amide bonds. The third-order valence-corrected chi connectivity index (χ3v) is 55.1. The average Bonchev–Trinajstić information content (AvgIpc) is 3.07. The molecule has 0 atom stereocenters. The standard InChI is InChI=1S/C6H21Si4.2C5H5.CH3.Zr/c1-7(2)10(8(3)4)9(5)6;2*1-2-4-5-3-1;;/h7-9H,1-6H3;2*1-5H;1H3;/q;3*-1;+3. The molecule has 0 fully saturated rings. The quantitative estimate of drug-likeness (QED) is 0.488. The van der Waals surface area contributed by atoms with Crippen LogP contribution in [-0.2, 0) is 26.2 Å². The van der Waals surface area contributed by atoms with Crippen molar-refractivity contribution in [1.82, 2.24) is 0 Å². The summed E-state index contributed by atoms with van der Waals surface area (Å²) < 4.78 is 0. The molecule has 5 heteroatoms. The SMILES string of the molecule is C[SiH](C)[Si]([SiH](C)C)[SiH](C)C.[CH3-].[Zr+3].c1cc[cH-]c1.c1cc[cH-]c1. The van der Waals surface area contributed by atoms with E-state index in [0.29, 0.717) is 7.35 Å². The largest absolute Gasteiger partial charge is 3.00 e. The Hall–Kier alpha value is 0.451. The van der Waals surface area contributed by atoms with Gasteiger partial charge in [0, 0.05) is 32.3 Å². The van der Waals surface area contributed by atoms with Gasteiger partial charge in [0.05, 0.1) is 0 Å². The Labute approximate surface area is 165 Å². The van der Waals surface area contributed by atoms with Crippen LogP contribution in [0.5, 0.6) is 0 Å². The minimum absolute atomic E-state index is 0. The van der Waals surface area contributed by atoms with Gasteiger partial charge in [0.2, 0.25) is 0 Å². The van der Waals surface area contributed by atoms with Gasteiger partial charge in [-0.15, -0.1) is 0 Å². The first kappa shape index (κ1) is 27.3. The maximum Gasteiger partial charge on any atom is 3.00 e. The van der Waals surface area contributed by atoms with Crippen molar-refractivity contribution in [1.29, 1.82) is 0 Å². The monoisotopic (exact) mass is 440 g/mol. The summed E-state index contributed by atoms with van der Waals surface area (Å²) >= 11 is 0. The minimum atomic E-state index is -0.176. The number of rotatable bonds is 3. The summed E-state index contributed by atoms with van der Waals surface area (Å²) in [4.78, 5) is 0. The Balaban J connectivity index is -0.000000254. The van der Waals surface area contributed by atoms with E-state index in [0.717, 1.165) is 0 Å². The van der Waals surface area contributed by atoms with Gasteiger partial charge >= 0.3 is 26.2 Å². The van der Waals surface area contributed by atoms with E-state index >= 15 is 0 Å². The first-order valence-electron chi connectivity index (χ1n) is 7.66. The Kier molecular flexibility index (Phi) is 22.1. The summed E-state index contributed by atoms with van der Waals surface area (Å²) in [5.74, 6) is 0. The maximum absolute atomic E-state index is 2.58. The van der Waals surface area contributed by atoms with Crippen LogP contribution in [0.1, 0.15) is 0 Å². The van der Waals surface area contributed by atoms with Crippen LogP contribution >= 0.6 is 0 Å². The molecule has 0 heterocycles. The van der Waals surface area contributed by atoms with Gasteiger partial charge in [-0.1, -0.05) is 39.3 Å². The van der Waals surface area contributed by atoms with Crippen LogP contribution in [0.2, 0.25) is 39.3 Å². The molecule has 0 aromatic heterocycles. The molecule has 0 saturated carbocycles. The van der Waals surface area contributed by atoms with Crippen LogP contribution in [0.15, 0.2) is 60.7 Å². The molecule has 2 radical (unpaired) electrons. The van der Waals surface area contributed by atoms with Crippen LogP contribution < -0.4 is 0 Å². The van der Waals surface area contributed by atoms with Crippen LogP contribution in [0.25, 0.3) is 0 Å².